The molecule has 1 unspecified atom stereocenters. The monoisotopic (exact) mass is 642 g/mol. The largest absolute Gasteiger partial charge is 0.508 e. The summed E-state index contributed by atoms with van der Waals surface area (Å²) >= 11 is 0. The third-order valence-electron chi connectivity index (χ3n) is 9.55. The molecule has 6 rings (SSSR count). The summed E-state index contributed by atoms with van der Waals surface area (Å²) in [7, 11) is 1.40. The van der Waals surface area contributed by atoms with Crippen molar-refractivity contribution in [1.82, 2.24) is 4.90 Å². The van der Waals surface area contributed by atoms with E-state index in [0.717, 1.165) is 42.2 Å². The minimum absolute atomic E-state index is 0.00319. The smallest absolute Gasteiger partial charge is 0.402 e. The Balaban J connectivity index is 1.40. The number of carbonyl (C=O) groups is 4. The van der Waals surface area contributed by atoms with Crippen molar-refractivity contribution in [2.24, 2.45) is 0 Å². The van der Waals surface area contributed by atoms with Gasteiger partial charge in [0.15, 0.2) is 0 Å². The summed E-state index contributed by atoms with van der Waals surface area (Å²) in [6.45, 7) is 6.11. The van der Waals surface area contributed by atoms with Crippen LogP contribution in [-0.4, -0.2) is 52.0 Å². The summed E-state index contributed by atoms with van der Waals surface area (Å²) < 4.78 is 44.4. The van der Waals surface area contributed by atoms with E-state index in [4.69, 9.17) is 0 Å². The van der Waals surface area contributed by atoms with Gasteiger partial charge in [-0.05, 0) is 84.1 Å². The highest BCUT2D eigenvalue weighted by molar-refractivity contribution is 6.35. The number of rotatable bonds is 5. The predicted molar refractivity (Wildman–Crippen MR) is 166 cm³/mol. The van der Waals surface area contributed by atoms with Gasteiger partial charge in [0.2, 0.25) is 0 Å². The number of phenols is 2. The molecular weight excluding hydrogens is 613 g/mol. The summed E-state index contributed by atoms with van der Waals surface area (Å²) in [6.07, 6.45) is -4.85. The maximum absolute atomic E-state index is 14.8. The molecule has 47 heavy (non-hydrogen) atoms. The maximum Gasteiger partial charge on any atom is 0.402 e. The van der Waals surface area contributed by atoms with Crippen molar-refractivity contribution in [2.45, 2.75) is 44.7 Å². The average Bonchev–Trinajstić information content (AvgIpc) is 3.40. The molecule has 4 amide bonds. The quantitative estimate of drug-likeness (QED) is 0.236. The number of alkyl halides is 3. The zero-order valence-electron chi connectivity index (χ0n) is 26.0. The van der Waals surface area contributed by atoms with Crippen molar-refractivity contribution in [3.63, 3.8) is 0 Å². The van der Waals surface area contributed by atoms with Gasteiger partial charge >= 0.3 is 6.18 Å². The molecule has 0 spiro atoms. The van der Waals surface area contributed by atoms with Gasteiger partial charge in [0, 0.05) is 12.5 Å². The van der Waals surface area contributed by atoms with Crippen LogP contribution < -0.4 is 4.90 Å². The summed E-state index contributed by atoms with van der Waals surface area (Å²) in [4.78, 5) is 54.1. The lowest BCUT2D eigenvalue weighted by atomic mass is 9.75. The minimum Gasteiger partial charge on any atom is -0.508 e. The van der Waals surface area contributed by atoms with Crippen LogP contribution in [-0.2, 0) is 10.8 Å². The fourth-order valence-electron chi connectivity index (χ4n) is 6.24. The van der Waals surface area contributed by atoms with Gasteiger partial charge in [0.25, 0.3) is 23.6 Å². The van der Waals surface area contributed by atoms with Gasteiger partial charge in [-0.25, -0.2) is 4.90 Å². The van der Waals surface area contributed by atoms with Gasteiger partial charge in [-0.1, -0.05) is 44.2 Å². The van der Waals surface area contributed by atoms with Crippen molar-refractivity contribution < 1.29 is 42.6 Å². The summed E-state index contributed by atoms with van der Waals surface area (Å²) in [5.74, 6) is -3.24. The van der Waals surface area contributed by atoms with Gasteiger partial charge in [-0.15, -0.1) is 0 Å². The normalized spacial score (nSPS) is 16.1. The van der Waals surface area contributed by atoms with Gasteiger partial charge in [-0.2, -0.15) is 13.2 Å². The number of imide groups is 2. The van der Waals surface area contributed by atoms with E-state index < -0.39 is 52.1 Å². The molecule has 4 aromatic carbocycles. The number of fused-ring (bicyclic) bond motifs is 2. The standard InChI is InChI=1S/C36H29F3N2O6/c1-18-14-21(8-12-28(18)42)35(4,36(37,38)39)22-9-13-29(43)27(17-22)41-32(46)24-11-7-20(16-26(24)33(41)47)34(2,3)19-6-10-23-25(15-19)31(45)40(5)30(23)44/h6-17,42-43H,1-5H3. The molecule has 0 saturated heterocycles. The van der Waals surface area contributed by atoms with Crippen LogP contribution in [0, 0.1) is 6.92 Å². The van der Waals surface area contributed by atoms with Crippen LogP contribution in [0.4, 0.5) is 18.9 Å². The number of hydrogen-bond acceptors (Lipinski definition) is 6. The molecule has 0 aliphatic carbocycles. The molecule has 4 aromatic rings. The Labute approximate surface area is 267 Å². The molecule has 2 aliphatic heterocycles. The zero-order valence-corrected chi connectivity index (χ0v) is 26.0. The SMILES string of the molecule is Cc1cc(C(C)(c2ccc(O)c(N3C(=O)c4ccc(C(C)(C)c5ccc6c(c5)C(=O)N(C)C6=O)cc4C3=O)c2)C(F)(F)F)ccc1O. The molecule has 2 heterocycles. The van der Waals surface area contributed by atoms with Crippen molar-refractivity contribution >= 4 is 29.3 Å². The lowest BCUT2D eigenvalue weighted by molar-refractivity contribution is -0.173. The number of halogens is 3. The molecule has 11 heteroatoms. The molecule has 0 saturated carbocycles. The van der Waals surface area contributed by atoms with Crippen LogP contribution in [0.25, 0.3) is 0 Å². The van der Waals surface area contributed by atoms with Crippen LogP contribution in [0.15, 0.2) is 72.8 Å². The first-order valence-corrected chi connectivity index (χ1v) is 14.6. The minimum atomic E-state index is -4.85. The van der Waals surface area contributed by atoms with E-state index in [2.05, 4.69) is 0 Å². The number of hydrogen-bond donors (Lipinski definition) is 2. The molecule has 1 atom stereocenters. The van der Waals surface area contributed by atoms with Gasteiger partial charge in [-0.3, -0.25) is 24.1 Å². The molecule has 240 valence electrons. The van der Waals surface area contributed by atoms with Crippen molar-refractivity contribution in [1.29, 1.82) is 0 Å². The zero-order chi connectivity index (χ0) is 34.4. The van der Waals surface area contributed by atoms with E-state index in [1.165, 1.54) is 32.2 Å². The Morgan fingerprint density at radius 1 is 0.574 bits per heavy atom. The molecule has 2 aliphatic rings. The summed E-state index contributed by atoms with van der Waals surface area (Å²) in [5, 5.41) is 20.7. The number of aromatic hydroxyl groups is 2. The number of amides is 4. The molecule has 0 fully saturated rings. The highest BCUT2D eigenvalue weighted by Crippen LogP contribution is 2.49. The van der Waals surface area contributed by atoms with Gasteiger partial charge < -0.3 is 10.2 Å². The Hall–Kier alpha value is -5.45. The molecule has 0 bridgehead atoms. The fourth-order valence-corrected chi connectivity index (χ4v) is 6.24. The molecule has 8 nitrogen and oxygen atoms in total. The summed E-state index contributed by atoms with van der Waals surface area (Å²) in [5.41, 5.74) is -2.37. The van der Waals surface area contributed by atoms with Crippen molar-refractivity contribution in [2.75, 3.05) is 11.9 Å². The second-order valence-electron chi connectivity index (χ2n) is 12.6. The van der Waals surface area contributed by atoms with Crippen LogP contribution in [0.5, 0.6) is 11.5 Å². The van der Waals surface area contributed by atoms with E-state index in [9.17, 15) is 42.6 Å². The van der Waals surface area contributed by atoms with E-state index in [1.807, 2.05) is 13.8 Å². The van der Waals surface area contributed by atoms with Crippen molar-refractivity contribution in [3.8, 4) is 11.5 Å². The highest BCUT2D eigenvalue weighted by Gasteiger charge is 2.54. The number of phenolic OH excluding ortho intramolecular Hbond substituents is 2. The molecule has 0 radical (unpaired) electrons. The van der Waals surface area contributed by atoms with E-state index in [1.54, 1.807) is 24.3 Å². The molecule has 0 aromatic heterocycles. The number of benzene rings is 4. The average molecular weight is 643 g/mol. The van der Waals surface area contributed by atoms with Crippen molar-refractivity contribution in [3.05, 3.63) is 123 Å². The van der Waals surface area contributed by atoms with Gasteiger partial charge in [0.05, 0.1) is 27.9 Å². The number of nitrogens with zero attached hydrogens (tertiary/aromatic N) is 2. The fraction of sp³-hybridized carbons (Fsp3) is 0.222. The third kappa shape index (κ3) is 4.51. The lowest BCUT2D eigenvalue weighted by Crippen LogP contribution is -2.41. The topological polar surface area (TPSA) is 115 Å². The Kier molecular flexibility index (Phi) is 6.90. The molecule has 2 N–H and O–H groups in total. The van der Waals surface area contributed by atoms with E-state index >= 15 is 0 Å². The number of anilines is 1. The number of carbonyl (C=O) groups excluding carboxylic acids is 4. The number of aryl methyl sites for hydroxylation is 1. The van der Waals surface area contributed by atoms with Crippen LogP contribution in [0.2, 0.25) is 0 Å². The molecular formula is C36H29F3N2O6. The highest BCUT2D eigenvalue weighted by atomic mass is 19.4. The Morgan fingerprint density at radius 2 is 1.02 bits per heavy atom. The Morgan fingerprint density at radius 3 is 1.57 bits per heavy atom. The first kappa shape index (κ1) is 31.5. The maximum atomic E-state index is 14.8. The lowest BCUT2D eigenvalue weighted by Gasteiger charge is -2.34. The van der Waals surface area contributed by atoms with Crippen LogP contribution in [0.1, 0.15) is 90.0 Å². The van der Waals surface area contributed by atoms with Crippen LogP contribution in [0.3, 0.4) is 0 Å². The summed E-state index contributed by atoms with van der Waals surface area (Å²) in [6, 6.07) is 16.1. The second-order valence-corrected chi connectivity index (χ2v) is 12.6. The van der Waals surface area contributed by atoms with Gasteiger partial charge in [0.1, 0.15) is 16.9 Å². The second kappa shape index (κ2) is 10.3. The third-order valence-corrected chi connectivity index (χ3v) is 9.55. The first-order chi connectivity index (χ1) is 21.9. The first-order valence-electron chi connectivity index (χ1n) is 14.6. The van der Waals surface area contributed by atoms with Crippen LogP contribution >= 0.6 is 0 Å². The Bertz CT molecular complexity index is 2070. The predicted octanol–water partition coefficient (Wildman–Crippen LogP) is 6.63. The van der Waals surface area contributed by atoms with E-state index in [-0.39, 0.29) is 44.7 Å². The van der Waals surface area contributed by atoms with E-state index in [0.29, 0.717) is 16.0 Å².